The molecule has 0 fully saturated rings. The highest BCUT2D eigenvalue weighted by atomic mass is 79.9. The second-order valence-corrected chi connectivity index (χ2v) is 7.01. The lowest BCUT2D eigenvalue weighted by Crippen LogP contribution is -2.32. The third-order valence-corrected chi connectivity index (χ3v) is 5.04. The molecule has 0 radical (unpaired) electrons. The lowest BCUT2D eigenvalue weighted by Gasteiger charge is -2.24. The third-order valence-electron chi connectivity index (χ3n) is 4.20. The van der Waals surface area contributed by atoms with Gasteiger partial charge in [-0.15, -0.1) is 0 Å². The number of anilines is 2. The molecule has 7 heteroatoms. The number of nitrogens with two attached hydrogens (primary N) is 2. The van der Waals surface area contributed by atoms with Gasteiger partial charge in [0.05, 0.1) is 23.1 Å². The van der Waals surface area contributed by atoms with Crippen molar-refractivity contribution in [1.82, 2.24) is 0 Å². The number of halogens is 2. The maximum absolute atomic E-state index is 9.53. The molecule has 1 aliphatic heterocycles. The van der Waals surface area contributed by atoms with Gasteiger partial charge in [0, 0.05) is 39.9 Å². The maximum atomic E-state index is 9.53. The van der Waals surface area contributed by atoms with Crippen LogP contribution in [0.5, 0.6) is 0 Å². The second-order valence-electron chi connectivity index (χ2n) is 6.01. The average Bonchev–Trinajstić information content (AvgIpc) is 2.76. The van der Waals surface area contributed by atoms with Gasteiger partial charge in [0.2, 0.25) is 0 Å². The molecule has 26 heavy (non-hydrogen) atoms. The Morgan fingerprint density at radius 2 is 2.12 bits per heavy atom. The van der Waals surface area contributed by atoms with Crippen LogP contribution in [0.4, 0.5) is 11.4 Å². The zero-order valence-corrected chi connectivity index (χ0v) is 17.3. The highest BCUT2D eigenvalue weighted by Crippen LogP contribution is 2.41. The van der Waals surface area contributed by atoms with Crippen LogP contribution in [0.2, 0.25) is 5.02 Å². The number of unbranched alkanes of at least 4 members (excludes halogenated alkanes) is 1. The van der Waals surface area contributed by atoms with Gasteiger partial charge in [-0.05, 0) is 31.5 Å². The van der Waals surface area contributed by atoms with Crippen LogP contribution in [0.1, 0.15) is 33.1 Å². The van der Waals surface area contributed by atoms with Crippen LogP contribution >= 0.6 is 27.5 Å². The highest BCUT2D eigenvalue weighted by Gasteiger charge is 2.27. The molecular formula is C19H23BrClN5. The van der Waals surface area contributed by atoms with Crippen molar-refractivity contribution < 1.29 is 0 Å². The molecule has 0 aromatic heterocycles. The Bertz CT molecular complexity index is 807. The van der Waals surface area contributed by atoms with Crippen molar-refractivity contribution in [3.05, 3.63) is 58.2 Å². The number of rotatable bonds is 4. The fraction of sp³-hybridized carbons (Fsp3) is 0.316. The Balaban J connectivity index is 2.78. The largest absolute Gasteiger partial charge is 0.400 e. The summed E-state index contributed by atoms with van der Waals surface area (Å²) in [5.74, 6) is 6.42. The van der Waals surface area contributed by atoms with Gasteiger partial charge < -0.3 is 10.6 Å². The first-order chi connectivity index (χ1) is 12.4. The van der Waals surface area contributed by atoms with Crippen molar-refractivity contribution in [1.29, 1.82) is 5.26 Å². The highest BCUT2D eigenvalue weighted by molar-refractivity contribution is 9.09. The van der Waals surface area contributed by atoms with E-state index in [0.717, 1.165) is 35.6 Å². The molecule has 1 aromatic carbocycles. The number of hydrogen-bond acceptors (Lipinski definition) is 5. The van der Waals surface area contributed by atoms with Crippen molar-refractivity contribution >= 4 is 38.9 Å². The quantitative estimate of drug-likeness (QED) is 0.398. The molecule has 0 unspecified atom stereocenters. The topological polar surface area (TPSA) is 82.3 Å². The van der Waals surface area contributed by atoms with Gasteiger partial charge in [-0.3, -0.25) is 5.01 Å². The molecule has 0 atom stereocenters. The van der Waals surface area contributed by atoms with Crippen molar-refractivity contribution in [3.63, 3.8) is 0 Å². The van der Waals surface area contributed by atoms with Crippen molar-refractivity contribution in [2.45, 2.75) is 33.1 Å². The molecule has 0 amide bonds. The summed E-state index contributed by atoms with van der Waals surface area (Å²) in [4.78, 5) is 2.01. The molecule has 0 aliphatic carbocycles. The molecular weight excluding hydrogens is 414 g/mol. The number of hydrazine groups is 1. The lowest BCUT2D eigenvalue weighted by molar-refractivity contribution is 0.901. The van der Waals surface area contributed by atoms with Crippen molar-refractivity contribution in [3.8, 4) is 6.07 Å². The molecule has 2 rings (SSSR count). The molecule has 1 aliphatic rings. The monoisotopic (exact) mass is 435 g/mol. The van der Waals surface area contributed by atoms with E-state index in [1.807, 2.05) is 29.3 Å². The Labute approximate surface area is 168 Å². The zero-order valence-electron chi connectivity index (χ0n) is 15.0. The molecule has 0 bridgehead atoms. The van der Waals surface area contributed by atoms with Crippen LogP contribution in [-0.4, -0.2) is 5.33 Å². The Hall–Kier alpha value is -1.94. The van der Waals surface area contributed by atoms with E-state index in [1.165, 1.54) is 0 Å². The van der Waals surface area contributed by atoms with E-state index in [0.29, 0.717) is 28.0 Å². The normalized spacial score (nSPS) is 18.5. The summed E-state index contributed by atoms with van der Waals surface area (Å²) >= 11 is 9.62. The van der Waals surface area contributed by atoms with Crippen molar-refractivity contribution in [2.75, 3.05) is 15.2 Å². The van der Waals surface area contributed by atoms with E-state index in [4.69, 9.17) is 23.2 Å². The maximum Gasteiger partial charge on any atom is 0.0962 e. The number of nitriles is 1. The van der Waals surface area contributed by atoms with Crippen LogP contribution in [0, 0.1) is 11.3 Å². The number of benzene rings is 1. The fourth-order valence-electron chi connectivity index (χ4n) is 2.75. The summed E-state index contributed by atoms with van der Waals surface area (Å²) < 4.78 is 0. The first kappa shape index (κ1) is 20.4. The minimum atomic E-state index is 0.441. The molecule has 0 saturated heterocycles. The van der Waals surface area contributed by atoms with Crippen LogP contribution in [-0.2, 0) is 0 Å². The average molecular weight is 437 g/mol. The zero-order chi connectivity index (χ0) is 19.3. The second kappa shape index (κ2) is 9.13. The summed E-state index contributed by atoms with van der Waals surface area (Å²) in [5.41, 5.74) is 10.6. The first-order valence-corrected chi connectivity index (χ1v) is 9.88. The third kappa shape index (κ3) is 4.24. The molecule has 0 spiro atoms. The molecule has 1 aromatic rings. The van der Waals surface area contributed by atoms with Gasteiger partial charge in [0.25, 0.3) is 0 Å². The summed E-state index contributed by atoms with van der Waals surface area (Å²) in [7, 11) is 0. The van der Waals surface area contributed by atoms with Gasteiger partial charge in [0.15, 0.2) is 0 Å². The van der Waals surface area contributed by atoms with Crippen LogP contribution in [0.25, 0.3) is 0 Å². The Morgan fingerprint density at radius 1 is 1.38 bits per heavy atom. The smallest absolute Gasteiger partial charge is 0.0962 e. The minimum Gasteiger partial charge on any atom is -0.400 e. The molecule has 0 saturated carbocycles. The SMILES string of the molecule is CCC/C=C/N1/C(=C(\C)C#N)C/C(=C(/N)CBr)N(N)c2cc(Cl)ccc21. The van der Waals surface area contributed by atoms with Gasteiger partial charge >= 0.3 is 0 Å². The van der Waals surface area contributed by atoms with Gasteiger partial charge in [-0.1, -0.05) is 47.0 Å². The number of hydrogen-bond donors (Lipinski definition) is 2. The standard InChI is InChI=1S/C19H23BrClN5/c1-3-4-5-8-25-16-7-6-14(21)9-19(16)26(24)18(15(23)11-20)10-17(25)13(2)12-22/h5-9H,3-4,10-11,23-24H2,1-2H3/b8-5+,17-13+,18-15-. The van der Waals surface area contributed by atoms with Gasteiger partial charge in [-0.25, -0.2) is 5.84 Å². The van der Waals surface area contributed by atoms with Crippen LogP contribution < -0.4 is 21.5 Å². The van der Waals surface area contributed by atoms with Crippen LogP contribution in [0.15, 0.2) is 53.1 Å². The molecule has 1 heterocycles. The van der Waals surface area contributed by atoms with Crippen molar-refractivity contribution in [2.24, 2.45) is 11.6 Å². The van der Waals surface area contributed by atoms with Crippen LogP contribution in [0.3, 0.4) is 0 Å². The number of allylic oxidation sites excluding steroid dienone is 3. The first-order valence-electron chi connectivity index (χ1n) is 8.38. The predicted octanol–water partition coefficient (Wildman–Crippen LogP) is 4.91. The Kier molecular flexibility index (Phi) is 7.15. The van der Waals surface area contributed by atoms with Gasteiger partial charge in [0.1, 0.15) is 0 Å². The summed E-state index contributed by atoms with van der Waals surface area (Å²) in [6.45, 7) is 3.93. The number of alkyl halides is 1. The van der Waals surface area contributed by atoms with E-state index in [1.54, 1.807) is 11.9 Å². The Morgan fingerprint density at radius 3 is 2.73 bits per heavy atom. The predicted molar refractivity (Wildman–Crippen MR) is 113 cm³/mol. The lowest BCUT2D eigenvalue weighted by atomic mass is 10.1. The summed E-state index contributed by atoms with van der Waals surface area (Å²) in [6.07, 6.45) is 6.51. The summed E-state index contributed by atoms with van der Waals surface area (Å²) in [5, 5.41) is 12.2. The summed E-state index contributed by atoms with van der Waals surface area (Å²) in [6, 6.07) is 7.79. The van der Waals surface area contributed by atoms with E-state index < -0.39 is 0 Å². The van der Waals surface area contributed by atoms with Gasteiger partial charge in [-0.2, -0.15) is 5.26 Å². The number of fused-ring (bicyclic) bond motifs is 1. The number of nitrogens with zero attached hydrogens (tertiary/aromatic N) is 3. The van der Waals surface area contributed by atoms with E-state index in [9.17, 15) is 5.26 Å². The van der Waals surface area contributed by atoms with E-state index in [2.05, 4.69) is 35.0 Å². The minimum absolute atomic E-state index is 0.441. The fourth-order valence-corrected chi connectivity index (χ4v) is 3.24. The molecule has 4 N–H and O–H groups in total. The van der Waals surface area contributed by atoms with E-state index >= 15 is 0 Å². The molecule has 138 valence electrons. The molecule has 5 nitrogen and oxygen atoms in total. The van der Waals surface area contributed by atoms with E-state index in [-0.39, 0.29) is 0 Å².